The van der Waals surface area contributed by atoms with Crippen LogP contribution in [-0.2, 0) is 4.79 Å². The number of amidine groups is 2. The molecule has 0 radical (unpaired) electrons. The van der Waals surface area contributed by atoms with Crippen molar-refractivity contribution in [1.29, 1.82) is 0 Å². The number of rotatable bonds is 5. The van der Waals surface area contributed by atoms with Crippen LogP contribution in [0.25, 0.3) is 0 Å². The van der Waals surface area contributed by atoms with E-state index in [1.165, 1.54) is 18.2 Å². The van der Waals surface area contributed by atoms with E-state index in [0.717, 1.165) is 48.6 Å². The molecule has 6 nitrogen and oxygen atoms in total. The number of carboxylic acid groups (broad SMARTS) is 1. The van der Waals surface area contributed by atoms with E-state index < -0.39 is 11.5 Å². The molecule has 0 bridgehead atoms. The van der Waals surface area contributed by atoms with E-state index in [4.69, 9.17) is 26.3 Å². The number of halogens is 1. The molecule has 0 unspecified atom stereocenters. The highest BCUT2D eigenvalue weighted by atomic mass is 35.5. The van der Waals surface area contributed by atoms with E-state index in [1.54, 1.807) is 7.11 Å². The van der Waals surface area contributed by atoms with Crippen molar-refractivity contribution >= 4 is 51.7 Å². The quantitative estimate of drug-likeness (QED) is 0.616. The first kappa shape index (κ1) is 21.7. The van der Waals surface area contributed by atoms with Gasteiger partial charge in [-0.1, -0.05) is 42.6 Å². The van der Waals surface area contributed by atoms with Crippen molar-refractivity contribution in [2.24, 2.45) is 9.98 Å². The summed E-state index contributed by atoms with van der Waals surface area (Å²) in [5.74, 6) is 0.573. The van der Waals surface area contributed by atoms with Gasteiger partial charge in [-0.15, -0.1) is 0 Å². The molecule has 0 saturated heterocycles. The van der Waals surface area contributed by atoms with Crippen molar-refractivity contribution in [2.45, 2.75) is 37.6 Å². The van der Waals surface area contributed by atoms with Crippen LogP contribution in [-0.4, -0.2) is 40.5 Å². The summed E-state index contributed by atoms with van der Waals surface area (Å²) in [6.07, 6.45) is 5.12. The molecule has 4 rings (SSSR count). The van der Waals surface area contributed by atoms with Gasteiger partial charge in [0.25, 0.3) is 0 Å². The number of hydrogen-bond acceptors (Lipinski definition) is 5. The fraction of sp³-hybridized carbons (Fsp3) is 0.348. The van der Waals surface area contributed by atoms with Gasteiger partial charge in [-0.2, -0.15) is 0 Å². The van der Waals surface area contributed by atoms with Gasteiger partial charge in [0.05, 0.1) is 18.6 Å². The summed E-state index contributed by atoms with van der Waals surface area (Å²) in [7, 11) is 1.64. The number of methoxy groups -OCH3 is 1. The maximum atomic E-state index is 11.3. The summed E-state index contributed by atoms with van der Waals surface area (Å²) in [6.45, 7) is 0. The largest absolute Gasteiger partial charge is 0.497 e. The first-order valence-electron chi connectivity index (χ1n) is 10.2. The average Bonchev–Trinajstić information content (AvgIpc) is 3.06. The van der Waals surface area contributed by atoms with Crippen LogP contribution in [0.2, 0.25) is 5.02 Å². The highest BCUT2D eigenvalue weighted by Gasteiger charge is 2.49. The lowest BCUT2D eigenvalue weighted by Crippen LogP contribution is -2.52. The van der Waals surface area contributed by atoms with Crippen LogP contribution in [0.1, 0.15) is 32.1 Å². The first-order chi connectivity index (χ1) is 15.0. The van der Waals surface area contributed by atoms with Crippen molar-refractivity contribution in [3.63, 3.8) is 0 Å². The number of carboxylic acids is 1. The van der Waals surface area contributed by atoms with Gasteiger partial charge in [0.2, 0.25) is 0 Å². The predicted octanol–water partition coefficient (Wildman–Crippen LogP) is 5.78. The van der Waals surface area contributed by atoms with Crippen LogP contribution in [0.15, 0.2) is 58.5 Å². The minimum absolute atomic E-state index is 0.0597. The Labute approximate surface area is 191 Å². The SMILES string of the molecule is COc1ccc(N2C(SCC(=O)O)=NC(=Nc3ccc(Cl)cc3)C23CCCCC3)cc1. The molecule has 1 spiro atoms. The van der Waals surface area contributed by atoms with Gasteiger partial charge < -0.3 is 14.7 Å². The van der Waals surface area contributed by atoms with Gasteiger partial charge in [0.15, 0.2) is 11.0 Å². The van der Waals surface area contributed by atoms with Crippen LogP contribution in [0, 0.1) is 0 Å². The topological polar surface area (TPSA) is 74.5 Å². The molecule has 1 fully saturated rings. The second kappa shape index (κ2) is 9.32. The molecule has 2 aromatic carbocycles. The second-order valence-electron chi connectivity index (χ2n) is 7.61. The lowest BCUT2D eigenvalue weighted by Gasteiger charge is -2.42. The van der Waals surface area contributed by atoms with Gasteiger partial charge in [-0.05, 0) is 61.4 Å². The number of aliphatic carboxylic acids is 1. The van der Waals surface area contributed by atoms with Crippen molar-refractivity contribution in [1.82, 2.24) is 0 Å². The highest BCUT2D eigenvalue weighted by molar-refractivity contribution is 8.14. The smallest absolute Gasteiger partial charge is 0.313 e. The maximum Gasteiger partial charge on any atom is 0.313 e. The molecule has 0 aromatic heterocycles. The standard InChI is InChI=1S/C23H24ClN3O3S/c1-30-19-11-9-18(10-12-19)27-22(31-15-20(28)29)26-21(23(27)13-3-2-4-14-23)25-17-7-5-16(24)6-8-17/h5-12H,2-4,13-15H2,1H3,(H,28,29). The van der Waals surface area contributed by atoms with Crippen LogP contribution in [0.5, 0.6) is 5.75 Å². The van der Waals surface area contributed by atoms with E-state index in [0.29, 0.717) is 10.2 Å². The minimum Gasteiger partial charge on any atom is -0.497 e. The third-order valence-electron chi connectivity index (χ3n) is 5.63. The minimum atomic E-state index is -0.872. The summed E-state index contributed by atoms with van der Waals surface area (Å²) < 4.78 is 5.32. The zero-order valence-corrected chi connectivity index (χ0v) is 18.8. The Morgan fingerprint density at radius 3 is 2.45 bits per heavy atom. The third-order valence-corrected chi connectivity index (χ3v) is 6.81. The molecule has 1 N–H and O–H groups in total. The van der Waals surface area contributed by atoms with E-state index in [-0.39, 0.29) is 5.75 Å². The number of benzene rings is 2. The first-order valence-corrected chi connectivity index (χ1v) is 11.6. The fourth-order valence-electron chi connectivity index (χ4n) is 4.19. The Morgan fingerprint density at radius 1 is 1.16 bits per heavy atom. The number of thioether (sulfide) groups is 1. The highest BCUT2D eigenvalue weighted by Crippen LogP contribution is 2.44. The molecule has 31 heavy (non-hydrogen) atoms. The average molecular weight is 458 g/mol. The number of nitrogens with zero attached hydrogens (tertiary/aromatic N) is 3. The van der Waals surface area contributed by atoms with E-state index in [9.17, 15) is 9.90 Å². The van der Waals surface area contributed by atoms with Gasteiger partial charge in [0, 0.05) is 10.7 Å². The predicted molar refractivity (Wildman–Crippen MR) is 127 cm³/mol. The normalized spacial score (nSPS) is 19.0. The van der Waals surface area contributed by atoms with Gasteiger partial charge in [0.1, 0.15) is 11.3 Å². The molecule has 162 valence electrons. The number of hydrogen-bond donors (Lipinski definition) is 1. The molecule has 1 aliphatic carbocycles. The second-order valence-corrected chi connectivity index (χ2v) is 8.99. The molecule has 2 aliphatic rings. The van der Waals surface area contributed by atoms with Crippen LogP contribution < -0.4 is 9.64 Å². The number of ether oxygens (including phenoxy) is 1. The summed E-state index contributed by atoms with van der Waals surface area (Å²) in [5.41, 5.74) is 1.35. The van der Waals surface area contributed by atoms with Crippen LogP contribution in [0.4, 0.5) is 11.4 Å². The van der Waals surface area contributed by atoms with E-state index >= 15 is 0 Å². The number of anilines is 1. The molecule has 1 aliphatic heterocycles. The van der Waals surface area contributed by atoms with Gasteiger partial charge in [-0.3, -0.25) is 4.79 Å². The van der Waals surface area contributed by atoms with Crippen molar-refractivity contribution in [3.05, 3.63) is 53.6 Å². The van der Waals surface area contributed by atoms with Crippen molar-refractivity contribution in [3.8, 4) is 5.75 Å². The lowest BCUT2D eigenvalue weighted by molar-refractivity contribution is -0.133. The van der Waals surface area contributed by atoms with Gasteiger partial charge >= 0.3 is 5.97 Å². The van der Waals surface area contributed by atoms with E-state index in [1.807, 2.05) is 48.5 Å². The maximum absolute atomic E-state index is 11.3. The molecular weight excluding hydrogens is 434 g/mol. The molecule has 2 aromatic rings. The molecule has 1 heterocycles. The third kappa shape index (κ3) is 4.57. The van der Waals surface area contributed by atoms with Gasteiger partial charge in [-0.25, -0.2) is 9.98 Å². The van der Waals surface area contributed by atoms with Crippen molar-refractivity contribution in [2.75, 3.05) is 17.8 Å². The Hall–Kier alpha value is -2.51. The number of aliphatic imine (C=N–C) groups is 2. The molecular formula is C23H24ClN3O3S. The lowest BCUT2D eigenvalue weighted by atomic mass is 9.79. The Kier molecular flexibility index (Phi) is 6.53. The fourth-order valence-corrected chi connectivity index (χ4v) is 5.13. The molecule has 1 saturated carbocycles. The van der Waals surface area contributed by atoms with E-state index in [2.05, 4.69) is 4.90 Å². The Balaban J connectivity index is 1.81. The van der Waals surface area contributed by atoms with Crippen molar-refractivity contribution < 1.29 is 14.6 Å². The summed E-state index contributed by atoms with van der Waals surface area (Å²) in [6, 6.07) is 15.2. The van der Waals surface area contributed by atoms with Crippen LogP contribution in [0.3, 0.4) is 0 Å². The zero-order valence-electron chi connectivity index (χ0n) is 17.3. The Bertz CT molecular complexity index is 1000. The Morgan fingerprint density at radius 2 is 1.84 bits per heavy atom. The monoisotopic (exact) mass is 457 g/mol. The number of carbonyl (C=O) groups is 1. The van der Waals surface area contributed by atoms with Crippen LogP contribution >= 0.6 is 23.4 Å². The summed E-state index contributed by atoms with van der Waals surface area (Å²) >= 11 is 7.27. The molecule has 0 atom stereocenters. The zero-order chi connectivity index (χ0) is 21.8. The summed E-state index contributed by atoms with van der Waals surface area (Å²) in [4.78, 5) is 23.3. The molecule has 0 amide bonds. The summed E-state index contributed by atoms with van der Waals surface area (Å²) in [5, 5.41) is 10.6. The molecule has 8 heteroatoms.